The number of rotatable bonds is 7. The number of amides is 1. The molecule has 1 heterocycles. The van der Waals surface area contributed by atoms with Crippen LogP contribution in [0.25, 0.3) is 0 Å². The van der Waals surface area contributed by atoms with Crippen LogP contribution in [0.2, 0.25) is 0 Å². The van der Waals surface area contributed by atoms with Gasteiger partial charge in [0.15, 0.2) is 0 Å². The maximum atomic E-state index is 11.5. The van der Waals surface area contributed by atoms with Crippen LogP contribution < -0.4 is 10.6 Å². The minimum Gasteiger partial charge on any atom is -0.354 e. The van der Waals surface area contributed by atoms with Gasteiger partial charge in [0.2, 0.25) is 5.91 Å². The monoisotopic (exact) mass is 239 g/mol. The second-order valence-corrected chi connectivity index (χ2v) is 5.33. The first-order valence-electron chi connectivity index (χ1n) is 7.04. The normalized spacial score (nSPS) is 21.4. The summed E-state index contributed by atoms with van der Waals surface area (Å²) in [6.45, 7) is 5.71. The lowest BCUT2D eigenvalue weighted by Gasteiger charge is -2.26. The molecule has 2 rings (SSSR count). The largest absolute Gasteiger partial charge is 0.354 e. The predicted octanol–water partition coefficient (Wildman–Crippen LogP) is 0.588. The molecular formula is C13H25N3O. The van der Waals surface area contributed by atoms with Crippen LogP contribution in [0.4, 0.5) is 0 Å². The number of nitrogens with one attached hydrogen (secondary N) is 2. The summed E-state index contributed by atoms with van der Waals surface area (Å²) >= 11 is 0. The molecule has 0 radical (unpaired) electrons. The van der Waals surface area contributed by atoms with Crippen molar-refractivity contribution in [3.8, 4) is 0 Å². The van der Waals surface area contributed by atoms with E-state index in [1.807, 2.05) is 0 Å². The van der Waals surface area contributed by atoms with Crippen molar-refractivity contribution in [1.29, 1.82) is 0 Å². The molecule has 1 amide bonds. The van der Waals surface area contributed by atoms with E-state index in [-0.39, 0.29) is 5.91 Å². The van der Waals surface area contributed by atoms with E-state index in [4.69, 9.17) is 0 Å². The van der Waals surface area contributed by atoms with Gasteiger partial charge < -0.3 is 15.5 Å². The molecule has 0 atom stereocenters. The van der Waals surface area contributed by atoms with Crippen molar-refractivity contribution >= 4 is 5.91 Å². The lowest BCUT2D eigenvalue weighted by Crippen LogP contribution is -2.40. The van der Waals surface area contributed by atoms with E-state index in [1.54, 1.807) is 0 Å². The Hall–Kier alpha value is -0.610. The predicted molar refractivity (Wildman–Crippen MR) is 68.9 cm³/mol. The van der Waals surface area contributed by atoms with Crippen LogP contribution in [0, 0.1) is 5.92 Å². The summed E-state index contributed by atoms with van der Waals surface area (Å²) in [4.78, 5) is 13.9. The van der Waals surface area contributed by atoms with E-state index in [1.165, 1.54) is 45.2 Å². The van der Waals surface area contributed by atoms with Crippen molar-refractivity contribution in [1.82, 2.24) is 15.5 Å². The van der Waals surface area contributed by atoms with Gasteiger partial charge in [-0.05, 0) is 51.2 Å². The molecular weight excluding hydrogens is 214 g/mol. The van der Waals surface area contributed by atoms with Gasteiger partial charge >= 0.3 is 0 Å². The number of hydrogen-bond donors (Lipinski definition) is 2. The molecule has 1 saturated heterocycles. The van der Waals surface area contributed by atoms with Crippen molar-refractivity contribution in [2.24, 2.45) is 5.92 Å². The molecule has 17 heavy (non-hydrogen) atoms. The second kappa shape index (κ2) is 6.97. The molecule has 0 unspecified atom stereocenters. The molecule has 1 aliphatic carbocycles. The number of likely N-dealkylation sites (tertiary alicyclic amines) is 1. The molecule has 4 nitrogen and oxygen atoms in total. The van der Waals surface area contributed by atoms with Crippen molar-refractivity contribution in [2.45, 2.75) is 32.1 Å². The second-order valence-electron chi connectivity index (χ2n) is 5.33. The summed E-state index contributed by atoms with van der Waals surface area (Å²) in [7, 11) is 0. The number of carbonyl (C=O) groups is 1. The molecule has 0 spiro atoms. The Morgan fingerprint density at radius 2 is 1.94 bits per heavy atom. The Labute approximate surface area is 104 Å². The summed E-state index contributed by atoms with van der Waals surface area (Å²) in [6.07, 6.45) is 6.68. The van der Waals surface area contributed by atoms with Gasteiger partial charge in [0.25, 0.3) is 0 Å². The minimum absolute atomic E-state index is 0.141. The molecule has 2 aliphatic rings. The highest BCUT2D eigenvalue weighted by atomic mass is 16.1. The van der Waals surface area contributed by atoms with Crippen molar-refractivity contribution in [2.75, 3.05) is 39.3 Å². The molecule has 0 aromatic carbocycles. The molecule has 1 aliphatic heterocycles. The molecule has 0 aromatic heterocycles. The van der Waals surface area contributed by atoms with Gasteiger partial charge in [0.1, 0.15) is 0 Å². The maximum Gasteiger partial charge on any atom is 0.234 e. The molecule has 4 heteroatoms. The summed E-state index contributed by atoms with van der Waals surface area (Å²) in [5.41, 5.74) is 0. The Kier molecular flexibility index (Phi) is 5.26. The Balaban J connectivity index is 1.44. The highest BCUT2D eigenvalue weighted by Crippen LogP contribution is 2.27. The zero-order valence-corrected chi connectivity index (χ0v) is 10.7. The Morgan fingerprint density at radius 3 is 2.65 bits per heavy atom. The molecule has 0 aromatic rings. The van der Waals surface area contributed by atoms with Gasteiger partial charge in [-0.3, -0.25) is 4.79 Å². The smallest absolute Gasteiger partial charge is 0.234 e. The average molecular weight is 239 g/mol. The molecule has 98 valence electrons. The number of hydrogen-bond acceptors (Lipinski definition) is 3. The van der Waals surface area contributed by atoms with Crippen LogP contribution in [-0.4, -0.2) is 50.1 Å². The molecule has 2 N–H and O–H groups in total. The van der Waals surface area contributed by atoms with Gasteiger partial charge in [-0.1, -0.05) is 6.42 Å². The number of carbonyl (C=O) groups excluding carboxylic acids is 1. The summed E-state index contributed by atoms with van der Waals surface area (Å²) in [5.74, 6) is 0.985. The fourth-order valence-electron chi connectivity index (χ4n) is 2.31. The van der Waals surface area contributed by atoms with E-state index in [0.29, 0.717) is 6.54 Å². The fraction of sp³-hybridized carbons (Fsp3) is 0.923. The minimum atomic E-state index is 0.141. The maximum absolute atomic E-state index is 11.5. The van der Waals surface area contributed by atoms with Gasteiger partial charge in [0, 0.05) is 13.1 Å². The van der Waals surface area contributed by atoms with Crippen LogP contribution in [0.1, 0.15) is 32.1 Å². The molecule has 1 saturated carbocycles. The van der Waals surface area contributed by atoms with Gasteiger partial charge in [-0.2, -0.15) is 0 Å². The standard InChI is InChI=1S/C13H25N3O/c17-13(11-14-10-12-4-5-12)15-6-9-16-7-2-1-3-8-16/h12,14H,1-11H2,(H,15,17). The highest BCUT2D eigenvalue weighted by Gasteiger charge is 2.20. The van der Waals surface area contributed by atoms with Gasteiger partial charge in [-0.25, -0.2) is 0 Å². The number of piperidine rings is 1. The van der Waals surface area contributed by atoms with Crippen molar-refractivity contribution < 1.29 is 4.79 Å². The first-order chi connectivity index (χ1) is 8.34. The third-order valence-electron chi connectivity index (χ3n) is 3.61. The zero-order valence-electron chi connectivity index (χ0n) is 10.7. The van der Waals surface area contributed by atoms with E-state index in [9.17, 15) is 4.79 Å². The SMILES string of the molecule is O=C(CNCC1CC1)NCCN1CCCCC1. The van der Waals surface area contributed by atoms with E-state index < -0.39 is 0 Å². The Morgan fingerprint density at radius 1 is 1.18 bits per heavy atom. The lowest BCUT2D eigenvalue weighted by atomic mass is 10.1. The van der Waals surface area contributed by atoms with Gasteiger partial charge in [0.05, 0.1) is 6.54 Å². The third-order valence-corrected chi connectivity index (χ3v) is 3.61. The van der Waals surface area contributed by atoms with E-state index >= 15 is 0 Å². The number of nitrogens with zero attached hydrogens (tertiary/aromatic N) is 1. The lowest BCUT2D eigenvalue weighted by molar-refractivity contribution is -0.120. The van der Waals surface area contributed by atoms with Crippen LogP contribution in [-0.2, 0) is 4.79 Å². The van der Waals surface area contributed by atoms with Crippen LogP contribution in [0.3, 0.4) is 0 Å². The topological polar surface area (TPSA) is 44.4 Å². The summed E-state index contributed by atoms with van der Waals surface area (Å²) in [5, 5.41) is 6.19. The molecule has 2 fully saturated rings. The van der Waals surface area contributed by atoms with Crippen LogP contribution in [0.5, 0.6) is 0 Å². The Bertz CT molecular complexity index is 235. The zero-order chi connectivity index (χ0) is 11.9. The first-order valence-corrected chi connectivity index (χ1v) is 7.04. The summed E-state index contributed by atoms with van der Waals surface area (Å²) < 4.78 is 0. The van der Waals surface area contributed by atoms with Crippen LogP contribution in [0.15, 0.2) is 0 Å². The van der Waals surface area contributed by atoms with E-state index in [2.05, 4.69) is 15.5 Å². The van der Waals surface area contributed by atoms with Crippen molar-refractivity contribution in [3.63, 3.8) is 0 Å². The third kappa shape index (κ3) is 5.50. The molecule has 0 bridgehead atoms. The van der Waals surface area contributed by atoms with Crippen molar-refractivity contribution in [3.05, 3.63) is 0 Å². The van der Waals surface area contributed by atoms with Gasteiger partial charge in [-0.15, -0.1) is 0 Å². The van der Waals surface area contributed by atoms with E-state index in [0.717, 1.165) is 25.6 Å². The summed E-state index contributed by atoms with van der Waals surface area (Å²) in [6, 6.07) is 0. The first kappa shape index (κ1) is 12.8. The van der Waals surface area contributed by atoms with Crippen LogP contribution >= 0.6 is 0 Å². The fourth-order valence-corrected chi connectivity index (χ4v) is 2.31. The average Bonchev–Trinajstić information content (AvgIpc) is 3.14. The quantitative estimate of drug-likeness (QED) is 0.683. The highest BCUT2D eigenvalue weighted by molar-refractivity contribution is 5.77.